The van der Waals surface area contributed by atoms with Gasteiger partial charge in [-0.3, -0.25) is 14.4 Å². The Morgan fingerprint density at radius 1 is 1.30 bits per heavy atom. The van der Waals surface area contributed by atoms with Crippen LogP contribution in [-0.4, -0.2) is 65.6 Å². The van der Waals surface area contributed by atoms with Crippen LogP contribution in [0.3, 0.4) is 0 Å². The van der Waals surface area contributed by atoms with E-state index in [0.29, 0.717) is 29.3 Å². The molecule has 9 nitrogen and oxygen atoms in total. The third-order valence-corrected chi connectivity index (χ3v) is 7.15. The van der Waals surface area contributed by atoms with Gasteiger partial charge in [0.05, 0.1) is 29.0 Å². The molecular weight excluding hydrogens is 410 g/mol. The number of fused-ring (bicyclic) bond motifs is 1. The van der Waals surface area contributed by atoms with Crippen LogP contribution in [0.25, 0.3) is 10.8 Å². The number of carbonyl (C=O) groups excluding carboxylic acids is 2. The number of benzene rings is 1. The number of aromatic amines is 1. The highest BCUT2D eigenvalue weighted by Gasteiger charge is 2.36. The molecule has 2 heterocycles. The van der Waals surface area contributed by atoms with E-state index in [4.69, 9.17) is 4.74 Å². The van der Waals surface area contributed by atoms with Gasteiger partial charge in [0.2, 0.25) is 0 Å². The molecule has 0 saturated carbocycles. The summed E-state index contributed by atoms with van der Waals surface area (Å²) in [7, 11) is -3.15. The van der Waals surface area contributed by atoms with Crippen LogP contribution in [0, 0.1) is 0 Å². The fourth-order valence-electron chi connectivity index (χ4n) is 3.71. The highest BCUT2D eigenvalue weighted by molar-refractivity contribution is 7.91. The molecular formula is C20H25N3O6S. The number of nitrogens with zero attached hydrogens (tertiary/aromatic N) is 2. The molecule has 1 aromatic heterocycles. The van der Waals surface area contributed by atoms with Gasteiger partial charge in [0.25, 0.3) is 11.5 Å². The Labute approximate surface area is 174 Å². The highest BCUT2D eigenvalue weighted by Crippen LogP contribution is 2.21. The lowest BCUT2D eigenvalue weighted by molar-refractivity contribution is -0.153. The zero-order valence-corrected chi connectivity index (χ0v) is 17.8. The Bertz CT molecular complexity index is 1110. The lowest BCUT2D eigenvalue weighted by atomic mass is 10.1. The van der Waals surface area contributed by atoms with Gasteiger partial charge in [-0.05, 0) is 25.8 Å². The summed E-state index contributed by atoms with van der Waals surface area (Å²) in [5.74, 6) is -1.08. The second-order valence-corrected chi connectivity index (χ2v) is 9.73. The van der Waals surface area contributed by atoms with Gasteiger partial charge in [-0.2, -0.15) is 5.10 Å². The van der Waals surface area contributed by atoms with E-state index in [-0.39, 0.29) is 29.5 Å². The van der Waals surface area contributed by atoms with Crippen LogP contribution >= 0.6 is 0 Å². The summed E-state index contributed by atoms with van der Waals surface area (Å²) in [6, 6.07) is 6.21. The van der Waals surface area contributed by atoms with Crippen molar-refractivity contribution in [1.82, 2.24) is 15.1 Å². The maximum Gasteiger partial charge on any atom is 0.312 e. The number of ether oxygens (including phenoxy) is 1. The molecule has 1 saturated heterocycles. The maximum absolute atomic E-state index is 12.7. The van der Waals surface area contributed by atoms with Crippen molar-refractivity contribution in [2.75, 3.05) is 18.1 Å². The van der Waals surface area contributed by atoms with Crippen LogP contribution < -0.4 is 5.56 Å². The number of esters is 1. The minimum atomic E-state index is -3.15. The lowest BCUT2D eigenvalue weighted by Gasteiger charge is -2.33. The van der Waals surface area contributed by atoms with Crippen molar-refractivity contribution in [3.8, 4) is 0 Å². The summed E-state index contributed by atoms with van der Waals surface area (Å²) in [5.41, 5.74) is -0.00285. The Balaban J connectivity index is 1.67. The predicted molar refractivity (Wildman–Crippen MR) is 111 cm³/mol. The first-order valence-corrected chi connectivity index (χ1v) is 11.7. The first-order chi connectivity index (χ1) is 14.2. The van der Waals surface area contributed by atoms with Crippen molar-refractivity contribution in [3.05, 3.63) is 40.3 Å². The number of hydrogen-bond donors (Lipinski definition) is 1. The van der Waals surface area contributed by atoms with Crippen LogP contribution in [0.4, 0.5) is 0 Å². The molecule has 1 aliphatic rings. The summed E-state index contributed by atoms with van der Waals surface area (Å²) in [6.07, 6.45) is 0.842. The number of amides is 1. The molecule has 1 aliphatic heterocycles. The van der Waals surface area contributed by atoms with Crippen molar-refractivity contribution >= 4 is 32.5 Å². The molecule has 0 radical (unpaired) electrons. The van der Waals surface area contributed by atoms with Gasteiger partial charge in [0, 0.05) is 17.5 Å². The zero-order chi connectivity index (χ0) is 21.9. The molecule has 1 aromatic carbocycles. The molecule has 1 amide bonds. The quantitative estimate of drug-likeness (QED) is 0.638. The number of H-pyrrole nitrogens is 1. The van der Waals surface area contributed by atoms with Crippen LogP contribution in [0.5, 0.6) is 0 Å². The second kappa shape index (κ2) is 8.95. The molecule has 2 atom stereocenters. The van der Waals surface area contributed by atoms with E-state index in [1.165, 1.54) is 4.90 Å². The van der Waals surface area contributed by atoms with Gasteiger partial charge >= 0.3 is 5.97 Å². The van der Waals surface area contributed by atoms with Crippen LogP contribution in [0.2, 0.25) is 0 Å². The van der Waals surface area contributed by atoms with Crippen LogP contribution in [-0.2, 0) is 30.6 Å². The fourth-order valence-corrected chi connectivity index (χ4v) is 5.42. The van der Waals surface area contributed by atoms with Crippen molar-refractivity contribution in [3.63, 3.8) is 0 Å². The Hall–Kier alpha value is -2.75. The number of carbonyl (C=O) groups is 2. The van der Waals surface area contributed by atoms with E-state index in [0.717, 1.165) is 0 Å². The molecule has 3 rings (SSSR count). The van der Waals surface area contributed by atoms with Gasteiger partial charge < -0.3 is 9.64 Å². The molecule has 0 aliphatic carbocycles. The molecule has 30 heavy (non-hydrogen) atoms. The first kappa shape index (κ1) is 21.9. The first-order valence-electron chi connectivity index (χ1n) is 9.85. The van der Waals surface area contributed by atoms with Gasteiger partial charge in [-0.25, -0.2) is 13.5 Å². The van der Waals surface area contributed by atoms with Crippen molar-refractivity contribution < 1.29 is 22.7 Å². The molecule has 0 unspecified atom stereocenters. The fraction of sp³-hybridized carbons (Fsp3) is 0.500. The molecule has 0 spiro atoms. The predicted octanol–water partition coefficient (Wildman–Crippen LogP) is 0.823. The van der Waals surface area contributed by atoms with E-state index in [9.17, 15) is 22.8 Å². The minimum Gasteiger partial charge on any atom is -0.455 e. The Morgan fingerprint density at radius 2 is 2.00 bits per heavy atom. The third-order valence-electron chi connectivity index (χ3n) is 5.40. The average molecular weight is 436 g/mol. The van der Waals surface area contributed by atoms with E-state index in [1.807, 2.05) is 13.8 Å². The SMILES string of the molecule is CC[C@@H](C)N(C(=O)COC(=O)Cc1n[nH]c(=O)c2ccccc12)[C@@H]1CCS(=O)(=O)C1. The monoisotopic (exact) mass is 435 g/mol. The summed E-state index contributed by atoms with van der Waals surface area (Å²) >= 11 is 0. The standard InChI is InChI=1S/C20H25N3O6S/c1-3-13(2)23(14-8-9-30(27,28)12-14)18(24)11-29-19(25)10-17-15-6-4-5-7-16(15)20(26)22-21-17/h4-7,13-14H,3,8-12H2,1-2H3,(H,22,26)/t13-,14-/m1/s1. The smallest absolute Gasteiger partial charge is 0.312 e. The van der Waals surface area contributed by atoms with Gasteiger partial charge in [-0.1, -0.05) is 25.1 Å². The van der Waals surface area contributed by atoms with Gasteiger partial charge in [-0.15, -0.1) is 0 Å². The number of aromatic nitrogens is 2. The van der Waals surface area contributed by atoms with Crippen molar-refractivity contribution in [2.24, 2.45) is 0 Å². The summed E-state index contributed by atoms with van der Waals surface area (Å²) in [5, 5.41) is 7.24. The molecule has 2 aromatic rings. The summed E-state index contributed by atoms with van der Waals surface area (Å²) < 4.78 is 28.8. The van der Waals surface area contributed by atoms with Crippen molar-refractivity contribution in [1.29, 1.82) is 0 Å². The minimum absolute atomic E-state index is 0.0582. The van der Waals surface area contributed by atoms with Gasteiger partial charge in [0.1, 0.15) is 0 Å². The second-order valence-electron chi connectivity index (χ2n) is 7.50. The van der Waals surface area contributed by atoms with Gasteiger partial charge in [0.15, 0.2) is 16.4 Å². The third kappa shape index (κ3) is 4.86. The number of sulfone groups is 1. The number of rotatable bonds is 7. The largest absolute Gasteiger partial charge is 0.455 e. The average Bonchev–Trinajstić information content (AvgIpc) is 3.08. The summed E-state index contributed by atoms with van der Waals surface area (Å²) in [6.45, 7) is 3.29. The maximum atomic E-state index is 12.7. The normalized spacial score (nSPS) is 18.8. The number of nitrogens with one attached hydrogen (secondary N) is 1. The molecule has 1 N–H and O–H groups in total. The Morgan fingerprint density at radius 3 is 2.63 bits per heavy atom. The lowest BCUT2D eigenvalue weighted by Crippen LogP contribution is -2.48. The molecule has 0 bridgehead atoms. The van der Waals surface area contributed by atoms with E-state index in [2.05, 4.69) is 10.2 Å². The van der Waals surface area contributed by atoms with Crippen LogP contribution in [0.15, 0.2) is 29.1 Å². The van der Waals surface area contributed by atoms with E-state index >= 15 is 0 Å². The summed E-state index contributed by atoms with van der Waals surface area (Å²) in [4.78, 5) is 38.4. The zero-order valence-electron chi connectivity index (χ0n) is 17.0. The molecule has 10 heteroatoms. The highest BCUT2D eigenvalue weighted by atomic mass is 32.2. The number of hydrogen-bond acceptors (Lipinski definition) is 7. The van der Waals surface area contributed by atoms with Crippen LogP contribution in [0.1, 0.15) is 32.4 Å². The van der Waals surface area contributed by atoms with E-state index < -0.39 is 34.4 Å². The van der Waals surface area contributed by atoms with Crippen molar-refractivity contribution in [2.45, 2.75) is 45.2 Å². The van der Waals surface area contributed by atoms with E-state index in [1.54, 1.807) is 24.3 Å². The molecule has 162 valence electrons. The Kier molecular flexibility index (Phi) is 6.55. The topological polar surface area (TPSA) is 126 Å². The molecule has 1 fully saturated rings.